The third kappa shape index (κ3) is 9.88. The summed E-state index contributed by atoms with van der Waals surface area (Å²) in [5.41, 5.74) is 8.62. The monoisotopic (exact) mass is 618 g/mol. The van der Waals surface area contributed by atoms with Gasteiger partial charge in [0.05, 0.1) is 0 Å². The lowest BCUT2D eigenvalue weighted by Gasteiger charge is -2.34. The standard InChI is InChI=1S/C39H46N4O3/c1-39(2,40)24-13-20-36(44)42(3)35(28-31-21-22-32-18-11-12-19-33(32)26-31)38(46)43(4)34(27-30-16-9-6-10-17-30)37(45)41-25-23-29-14-7-5-8-15-29/h5-22,26,34-35H,23-25,27-28,40H2,1-4H3,(H,41,45)/b20-13+. The maximum absolute atomic E-state index is 14.4. The second-order valence-corrected chi connectivity index (χ2v) is 12.6. The summed E-state index contributed by atoms with van der Waals surface area (Å²) in [5.74, 6) is -0.849. The van der Waals surface area contributed by atoms with E-state index < -0.39 is 17.6 Å². The van der Waals surface area contributed by atoms with Gasteiger partial charge in [0, 0.05) is 39.0 Å². The van der Waals surface area contributed by atoms with Crippen molar-refractivity contribution < 1.29 is 14.4 Å². The highest BCUT2D eigenvalue weighted by molar-refractivity contribution is 5.95. The Morgan fingerprint density at radius 3 is 1.98 bits per heavy atom. The quantitative estimate of drug-likeness (QED) is 0.187. The lowest BCUT2D eigenvalue weighted by molar-refractivity contribution is -0.146. The summed E-state index contributed by atoms with van der Waals surface area (Å²) >= 11 is 0. The highest BCUT2D eigenvalue weighted by atomic mass is 16.2. The van der Waals surface area contributed by atoms with Crippen LogP contribution in [0.15, 0.2) is 115 Å². The van der Waals surface area contributed by atoms with Crippen molar-refractivity contribution in [3.05, 3.63) is 132 Å². The Morgan fingerprint density at radius 1 is 0.739 bits per heavy atom. The highest BCUT2D eigenvalue weighted by Crippen LogP contribution is 2.20. The van der Waals surface area contributed by atoms with E-state index in [1.807, 2.05) is 111 Å². The van der Waals surface area contributed by atoms with Crippen LogP contribution in [-0.2, 0) is 33.6 Å². The van der Waals surface area contributed by atoms with Crippen molar-refractivity contribution in [2.75, 3.05) is 20.6 Å². The van der Waals surface area contributed by atoms with Crippen molar-refractivity contribution in [3.63, 3.8) is 0 Å². The van der Waals surface area contributed by atoms with E-state index >= 15 is 0 Å². The summed E-state index contributed by atoms with van der Waals surface area (Å²) in [6.07, 6.45) is 5.05. The van der Waals surface area contributed by atoms with E-state index in [4.69, 9.17) is 5.73 Å². The SMILES string of the molecule is CN(C(=O)/C=C/CC(C)(C)N)C(Cc1ccc2ccccc2c1)C(=O)N(C)C(Cc1ccccc1)C(=O)NCCc1ccccc1. The molecule has 0 heterocycles. The first kappa shape index (κ1) is 34.1. The van der Waals surface area contributed by atoms with Gasteiger partial charge in [0.25, 0.3) is 0 Å². The molecule has 4 rings (SSSR count). The molecule has 3 N–H and O–H groups in total. The van der Waals surface area contributed by atoms with Crippen molar-refractivity contribution in [2.24, 2.45) is 5.73 Å². The Balaban J connectivity index is 1.61. The minimum absolute atomic E-state index is 0.237. The van der Waals surface area contributed by atoms with E-state index in [9.17, 15) is 14.4 Å². The number of rotatable bonds is 14. The molecule has 240 valence electrons. The molecule has 3 amide bonds. The van der Waals surface area contributed by atoms with Crippen molar-refractivity contribution in [1.29, 1.82) is 0 Å². The lowest BCUT2D eigenvalue weighted by Crippen LogP contribution is -2.56. The van der Waals surface area contributed by atoms with Gasteiger partial charge in [-0.25, -0.2) is 0 Å². The minimum Gasteiger partial charge on any atom is -0.354 e. The van der Waals surface area contributed by atoms with Crippen LogP contribution >= 0.6 is 0 Å². The Morgan fingerprint density at radius 2 is 1.33 bits per heavy atom. The summed E-state index contributed by atoms with van der Waals surface area (Å²) in [5, 5.41) is 5.20. The normalized spacial score (nSPS) is 12.9. The van der Waals surface area contributed by atoms with Gasteiger partial charge in [-0.3, -0.25) is 14.4 Å². The zero-order valence-corrected chi connectivity index (χ0v) is 27.4. The maximum Gasteiger partial charge on any atom is 0.246 e. The number of hydrogen-bond donors (Lipinski definition) is 2. The van der Waals surface area contributed by atoms with Crippen LogP contribution in [0.25, 0.3) is 10.8 Å². The van der Waals surface area contributed by atoms with Gasteiger partial charge in [-0.05, 0) is 60.2 Å². The molecule has 2 atom stereocenters. The smallest absolute Gasteiger partial charge is 0.246 e. The number of likely N-dealkylation sites (N-methyl/N-ethyl adjacent to an activating group) is 2. The predicted molar refractivity (Wildman–Crippen MR) is 186 cm³/mol. The summed E-state index contributed by atoms with van der Waals surface area (Å²) in [6.45, 7) is 4.23. The van der Waals surface area contributed by atoms with E-state index in [0.29, 0.717) is 32.2 Å². The Labute approximate surface area is 273 Å². The fraction of sp³-hybridized carbons (Fsp3) is 0.308. The van der Waals surface area contributed by atoms with Gasteiger partial charge in [0.15, 0.2) is 0 Å². The third-order valence-electron chi connectivity index (χ3n) is 8.19. The molecule has 0 radical (unpaired) electrons. The van der Waals surface area contributed by atoms with Crippen LogP contribution < -0.4 is 11.1 Å². The zero-order chi connectivity index (χ0) is 33.1. The molecule has 0 saturated heterocycles. The highest BCUT2D eigenvalue weighted by Gasteiger charge is 2.34. The molecule has 0 aromatic heterocycles. The van der Waals surface area contributed by atoms with Crippen molar-refractivity contribution in [2.45, 2.75) is 57.2 Å². The van der Waals surface area contributed by atoms with Gasteiger partial charge < -0.3 is 20.9 Å². The average Bonchev–Trinajstić information content (AvgIpc) is 3.05. The Kier molecular flexibility index (Phi) is 11.9. The van der Waals surface area contributed by atoms with Crippen molar-refractivity contribution >= 4 is 28.5 Å². The zero-order valence-electron chi connectivity index (χ0n) is 27.4. The number of carbonyl (C=O) groups excluding carboxylic acids is 3. The molecule has 0 bridgehead atoms. The summed E-state index contributed by atoms with van der Waals surface area (Å²) in [6, 6.07) is 32.1. The minimum atomic E-state index is -0.843. The van der Waals surface area contributed by atoms with E-state index in [1.54, 1.807) is 20.2 Å². The first-order valence-corrected chi connectivity index (χ1v) is 15.8. The Hall–Kier alpha value is -4.75. The fourth-order valence-electron chi connectivity index (χ4n) is 5.44. The van der Waals surface area contributed by atoms with Gasteiger partial charge >= 0.3 is 0 Å². The third-order valence-corrected chi connectivity index (χ3v) is 8.19. The molecule has 0 aliphatic rings. The van der Waals surface area contributed by atoms with Gasteiger partial charge in [0.2, 0.25) is 17.7 Å². The topological polar surface area (TPSA) is 95.7 Å². The number of fused-ring (bicyclic) bond motifs is 1. The second-order valence-electron chi connectivity index (χ2n) is 12.6. The number of amides is 3. The molecule has 7 nitrogen and oxygen atoms in total. The molecule has 4 aromatic rings. The van der Waals surface area contributed by atoms with Crippen molar-refractivity contribution in [3.8, 4) is 0 Å². The molecule has 0 aliphatic heterocycles. The second kappa shape index (κ2) is 16.0. The molecular formula is C39H46N4O3. The summed E-state index contributed by atoms with van der Waals surface area (Å²) in [4.78, 5) is 44.6. The van der Waals surface area contributed by atoms with Gasteiger partial charge in [-0.1, -0.05) is 109 Å². The van der Waals surface area contributed by atoms with E-state index in [-0.39, 0.29) is 17.7 Å². The first-order valence-electron chi connectivity index (χ1n) is 15.8. The lowest BCUT2D eigenvalue weighted by atomic mass is 9.98. The number of hydrogen-bond acceptors (Lipinski definition) is 4. The average molecular weight is 619 g/mol. The molecule has 46 heavy (non-hydrogen) atoms. The summed E-state index contributed by atoms with van der Waals surface area (Å²) < 4.78 is 0. The molecule has 2 unspecified atom stereocenters. The van der Waals surface area contributed by atoms with Crippen LogP contribution in [0.4, 0.5) is 0 Å². The van der Waals surface area contributed by atoms with Crippen LogP contribution in [0, 0.1) is 0 Å². The number of carbonyl (C=O) groups is 3. The molecule has 7 heteroatoms. The molecule has 0 spiro atoms. The van der Waals surface area contributed by atoms with Gasteiger partial charge in [-0.2, -0.15) is 0 Å². The predicted octanol–water partition coefficient (Wildman–Crippen LogP) is 5.32. The van der Waals surface area contributed by atoms with E-state index in [1.165, 1.54) is 15.9 Å². The summed E-state index contributed by atoms with van der Waals surface area (Å²) in [7, 11) is 3.30. The number of nitrogens with two attached hydrogens (primary N) is 1. The molecule has 0 aliphatic carbocycles. The van der Waals surface area contributed by atoms with Crippen LogP contribution in [-0.4, -0.2) is 65.8 Å². The largest absolute Gasteiger partial charge is 0.354 e. The Bertz CT molecular complexity index is 1630. The van der Waals surface area contributed by atoms with E-state index in [2.05, 4.69) is 11.4 Å². The molecule has 0 saturated carbocycles. The van der Waals surface area contributed by atoms with Crippen LogP contribution in [0.1, 0.15) is 37.0 Å². The van der Waals surface area contributed by atoms with Gasteiger partial charge in [-0.15, -0.1) is 0 Å². The van der Waals surface area contributed by atoms with Crippen LogP contribution in [0.2, 0.25) is 0 Å². The van der Waals surface area contributed by atoms with Crippen LogP contribution in [0.5, 0.6) is 0 Å². The van der Waals surface area contributed by atoms with E-state index in [0.717, 1.165) is 27.5 Å². The first-order chi connectivity index (χ1) is 22.0. The number of benzene rings is 4. The molecule has 4 aromatic carbocycles. The maximum atomic E-state index is 14.4. The number of nitrogens with zero attached hydrogens (tertiary/aromatic N) is 2. The molecular weight excluding hydrogens is 572 g/mol. The van der Waals surface area contributed by atoms with Crippen molar-refractivity contribution in [1.82, 2.24) is 15.1 Å². The fourth-order valence-corrected chi connectivity index (χ4v) is 5.44. The van der Waals surface area contributed by atoms with Gasteiger partial charge in [0.1, 0.15) is 12.1 Å². The molecule has 0 fully saturated rings. The van der Waals surface area contributed by atoms with Crippen LogP contribution in [0.3, 0.4) is 0 Å². The number of nitrogens with one attached hydrogen (secondary N) is 1.